The van der Waals surface area contributed by atoms with Gasteiger partial charge in [-0.1, -0.05) is 12.1 Å². The summed E-state index contributed by atoms with van der Waals surface area (Å²) in [6.07, 6.45) is 12.4. The van der Waals surface area contributed by atoms with Gasteiger partial charge in [0.2, 0.25) is 11.8 Å². The van der Waals surface area contributed by atoms with Crippen LogP contribution in [0.1, 0.15) is 74.5 Å². The molecule has 2 aromatic heterocycles. The van der Waals surface area contributed by atoms with Gasteiger partial charge in [0.1, 0.15) is 17.6 Å². The Bertz CT molecular complexity index is 1900. The minimum Gasteiger partial charge on any atom is -0.507 e. The number of piperidine rings is 2. The number of nitrogens with zero attached hydrogens (tertiary/aromatic N) is 6. The number of hydrogen-bond donors (Lipinski definition) is 3. The molecule has 8 rings (SSSR count). The van der Waals surface area contributed by atoms with Crippen LogP contribution in [0.3, 0.4) is 0 Å². The second-order valence-electron chi connectivity index (χ2n) is 13.9. The first-order chi connectivity index (χ1) is 23.8. The number of phenols is 1. The highest BCUT2D eigenvalue weighted by atomic mass is 19.1. The van der Waals surface area contributed by atoms with Gasteiger partial charge in [-0.3, -0.25) is 19.6 Å². The molecular formula is C37H41FN8O3. The maximum Gasteiger partial charge on any atom is 0.249 e. The molecule has 3 aliphatic heterocycles. The molecule has 0 spiro atoms. The second-order valence-corrected chi connectivity index (χ2v) is 13.9. The van der Waals surface area contributed by atoms with Gasteiger partial charge in [-0.15, -0.1) is 10.2 Å². The molecule has 2 saturated heterocycles. The maximum absolute atomic E-state index is 13.9. The van der Waals surface area contributed by atoms with Crippen LogP contribution < -0.4 is 16.0 Å². The number of imide groups is 1. The fourth-order valence-electron chi connectivity index (χ4n) is 8.59. The van der Waals surface area contributed by atoms with Gasteiger partial charge >= 0.3 is 0 Å². The number of rotatable bonds is 6. The van der Waals surface area contributed by atoms with Gasteiger partial charge in [0.05, 0.1) is 17.9 Å². The highest BCUT2D eigenvalue weighted by molar-refractivity contribution is 6.02. The van der Waals surface area contributed by atoms with Crippen molar-refractivity contribution in [3.8, 4) is 28.1 Å². The van der Waals surface area contributed by atoms with Crippen LogP contribution in [0, 0.1) is 5.82 Å². The van der Waals surface area contributed by atoms with E-state index in [0.29, 0.717) is 36.1 Å². The summed E-state index contributed by atoms with van der Waals surface area (Å²) in [5, 5.41) is 25.6. The second kappa shape index (κ2) is 12.9. The molecule has 254 valence electrons. The van der Waals surface area contributed by atoms with Gasteiger partial charge in [-0.2, -0.15) is 5.10 Å². The summed E-state index contributed by atoms with van der Waals surface area (Å²) < 4.78 is 15.9. The van der Waals surface area contributed by atoms with Crippen LogP contribution in [0.5, 0.6) is 5.75 Å². The van der Waals surface area contributed by atoms with E-state index in [0.717, 1.165) is 44.5 Å². The third-order valence-corrected chi connectivity index (χ3v) is 11.2. The topological polar surface area (TPSA) is 142 Å². The minimum atomic E-state index is -0.473. The first-order valence-corrected chi connectivity index (χ1v) is 17.4. The molecule has 0 bridgehead atoms. The van der Waals surface area contributed by atoms with E-state index in [4.69, 9.17) is 5.73 Å². The summed E-state index contributed by atoms with van der Waals surface area (Å²) in [7, 11) is 0. The molecule has 4 N–H and O–H groups in total. The van der Waals surface area contributed by atoms with Crippen molar-refractivity contribution in [3.05, 3.63) is 71.8 Å². The molecule has 3 fully saturated rings. The number of carbonyl (C=O) groups is 2. The molecule has 11 nitrogen and oxygen atoms in total. The number of fused-ring (bicyclic) bond motifs is 1. The molecule has 2 aromatic carbocycles. The number of nitrogen functional groups attached to an aromatic ring is 1. The van der Waals surface area contributed by atoms with Gasteiger partial charge in [-0.05, 0) is 98.7 Å². The van der Waals surface area contributed by atoms with E-state index in [1.54, 1.807) is 12.3 Å². The lowest BCUT2D eigenvalue weighted by molar-refractivity contribution is -0.134. The largest absolute Gasteiger partial charge is 0.507 e. The Morgan fingerprint density at radius 2 is 1.69 bits per heavy atom. The number of anilines is 2. The van der Waals surface area contributed by atoms with Gasteiger partial charge in [0.15, 0.2) is 5.82 Å². The molecule has 49 heavy (non-hydrogen) atoms. The molecule has 1 atom stereocenters. The van der Waals surface area contributed by atoms with Crippen molar-refractivity contribution in [2.24, 2.45) is 0 Å². The lowest BCUT2D eigenvalue weighted by atomic mass is 9.79. The first-order valence-electron chi connectivity index (χ1n) is 17.4. The van der Waals surface area contributed by atoms with E-state index in [-0.39, 0.29) is 41.0 Å². The molecule has 5 heterocycles. The summed E-state index contributed by atoms with van der Waals surface area (Å²) in [5.41, 5.74) is 12.2. The fourth-order valence-corrected chi connectivity index (χ4v) is 8.59. The number of aromatic nitrogens is 4. The van der Waals surface area contributed by atoms with E-state index in [9.17, 15) is 19.1 Å². The molecule has 2 amide bonds. The molecule has 4 aliphatic rings. The average Bonchev–Trinajstić information content (AvgIpc) is 3.78. The van der Waals surface area contributed by atoms with Crippen molar-refractivity contribution in [2.75, 3.05) is 30.3 Å². The molecule has 0 unspecified atom stereocenters. The molecule has 0 radical (unpaired) electrons. The standard InChI is InChI=1S/C37H41FN8O3/c38-24-6-10-34(47)30(18-24)31-19-29(36(39)43-42-31)23-20-40-46(21-23)26-12-15-44(16-13-26)25-7-4-22(5-8-25)27-2-1-3-32-28(27)14-17-45(32)33-9-11-35(48)41-37(33)49/h1-3,6,10,18-22,25-26,33,47H,4-5,7-9,11-17H2,(H2,39,43)(H,41,48,49)/t22?,25?,33-/m1/s1. The number of halogens is 1. The molecular weight excluding hydrogens is 623 g/mol. The Morgan fingerprint density at radius 1 is 0.878 bits per heavy atom. The van der Waals surface area contributed by atoms with Gasteiger partial charge in [0.25, 0.3) is 0 Å². The van der Waals surface area contributed by atoms with Crippen LogP contribution >= 0.6 is 0 Å². The SMILES string of the molecule is Nc1nnc(-c2cc(F)ccc2O)cc1-c1cnn(C2CCN(C3CCC(c4cccc5c4CCN5[C@@H]4CCC(=O)NC4=O)CC3)CC2)c1. The number of nitrogens with two attached hydrogens (primary N) is 1. The number of benzene rings is 2. The molecule has 4 aromatic rings. The Kier molecular flexibility index (Phi) is 8.26. The predicted molar refractivity (Wildman–Crippen MR) is 183 cm³/mol. The number of nitrogens with one attached hydrogen (secondary N) is 1. The summed E-state index contributed by atoms with van der Waals surface area (Å²) in [4.78, 5) is 29.2. The Balaban J connectivity index is 0.879. The summed E-state index contributed by atoms with van der Waals surface area (Å²) in [6, 6.07) is 12.6. The van der Waals surface area contributed by atoms with E-state index in [1.165, 1.54) is 60.7 Å². The number of hydrogen-bond acceptors (Lipinski definition) is 9. The monoisotopic (exact) mass is 664 g/mol. The fraction of sp³-hybridized carbons (Fsp3) is 0.432. The first kappa shape index (κ1) is 31.4. The Labute approximate surface area is 284 Å². The third kappa shape index (κ3) is 6.03. The molecule has 1 aliphatic carbocycles. The van der Waals surface area contributed by atoms with E-state index in [1.807, 2.05) is 10.9 Å². The van der Waals surface area contributed by atoms with Crippen molar-refractivity contribution in [2.45, 2.75) is 81.8 Å². The van der Waals surface area contributed by atoms with Gasteiger partial charge < -0.3 is 20.6 Å². The highest BCUT2D eigenvalue weighted by Crippen LogP contribution is 2.43. The number of likely N-dealkylation sites (tertiary alicyclic amines) is 1. The highest BCUT2D eigenvalue weighted by Gasteiger charge is 2.37. The Hall–Kier alpha value is -4.84. The van der Waals surface area contributed by atoms with Gasteiger partial charge in [0, 0.05) is 60.7 Å². The van der Waals surface area contributed by atoms with Crippen LogP contribution in [0.4, 0.5) is 15.9 Å². The number of carbonyl (C=O) groups excluding carboxylic acids is 2. The zero-order valence-electron chi connectivity index (χ0n) is 27.4. The number of phenolic OH excluding ortho intramolecular Hbond substituents is 1. The third-order valence-electron chi connectivity index (χ3n) is 11.2. The predicted octanol–water partition coefficient (Wildman–Crippen LogP) is 4.97. The van der Waals surface area contributed by atoms with Crippen molar-refractivity contribution >= 4 is 23.3 Å². The number of amides is 2. The summed E-state index contributed by atoms with van der Waals surface area (Å²) >= 11 is 0. The Morgan fingerprint density at radius 3 is 2.49 bits per heavy atom. The summed E-state index contributed by atoms with van der Waals surface area (Å²) in [6.45, 7) is 2.88. The van der Waals surface area contributed by atoms with Crippen molar-refractivity contribution in [1.82, 2.24) is 30.2 Å². The molecule has 12 heteroatoms. The van der Waals surface area contributed by atoms with E-state index < -0.39 is 5.82 Å². The van der Waals surface area contributed by atoms with Crippen molar-refractivity contribution < 1.29 is 19.1 Å². The lowest BCUT2D eigenvalue weighted by Crippen LogP contribution is -2.52. The van der Waals surface area contributed by atoms with E-state index in [2.05, 4.69) is 48.6 Å². The summed E-state index contributed by atoms with van der Waals surface area (Å²) in [5.74, 6) is -0.105. The smallest absolute Gasteiger partial charge is 0.249 e. The quantitative estimate of drug-likeness (QED) is 0.244. The van der Waals surface area contributed by atoms with Crippen LogP contribution in [0.2, 0.25) is 0 Å². The number of aromatic hydroxyl groups is 1. The van der Waals surface area contributed by atoms with Gasteiger partial charge in [-0.25, -0.2) is 4.39 Å². The van der Waals surface area contributed by atoms with Crippen LogP contribution in [-0.2, 0) is 16.0 Å². The minimum absolute atomic E-state index is 0.0793. The maximum atomic E-state index is 13.9. The van der Waals surface area contributed by atoms with Crippen molar-refractivity contribution in [1.29, 1.82) is 0 Å². The van der Waals surface area contributed by atoms with Crippen LogP contribution in [0.15, 0.2) is 54.9 Å². The van der Waals surface area contributed by atoms with E-state index >= 15 is 0 Å². The van der Waals surface area contributed by atoms with Crippen molar-refractivity contribution in [3.63, 3.8) is 0 Å². The average molecular weight is 665 g/mol. The molecule has 1 saturated carbocycles. The van der Waals surface area contributed by atoms with Crippen LogP contribution in [0.25, 0.3) is 22.4 Å². The zero-order valence-corrected chi connectivity index (χ0v) is 27.4. The normalized spacial score (nSPS) is 23.4. The van der Waals surface area contributed by atoms with Crippen LogP contribution in [-0.4, -0.2) is 73.5 Å². The lowest BCUT2D eigenvalue weighted by Gasteiger charge is -2.41. The zero-order chi connectivity index (χ0) is 33.6.